The highest BCUT2D eigenvalue weighted by Crippen LogP contribution is 2.47. The lowest BCUT2D eigenvalue weighted by atomic mass is 9.80. The molecule has 1 unspecified atom stereocenters. The molecule has 1 aliphatic heterocycles. The lowest BCUT2D eigenvalue weighted by Gasteiger charge is -2.39. The van der Waals surface area contributed by atoms with E-state index in [4.69, 9.17) is 23.5 Å². The fourth-order valence-corrected chi connectivity index (χ4v) is 8.73. The maximum atomic E-state index is 13.0. The molecule has 262 valence electrons. The predicted octanol–water partition coefficient (Wildman–Crippen LogP) is 6.60. The van der Waals surface area contributed by atoms with Gasteiger partial charge in [0.05, 0.1) is 26.9 Å². The van der Waals surface area contributed by atoms with Crippen LogP contribution in [-0.2, 0) is 19.6 Å². The molecule has 2 heterocycles. The number of rotatable bonds is 14. The maximum Gasteiger partial charge on any atom is 0.330 e. The molecule has 4 atom stereocenters. The molecule has 1 fully saturated rings. The molecular formula is C38H48N3O7P. The van der Waals surface area contributed by atoms with Crippen molar-refractivity contribution in [2.45, 2.75) is 77.2 Å². The first-order chi connectivity index (χ1) is 23.5. The number of aromatic nitrogens is 2. The Morgan fingerprint density at radius 3 is 1.92 bits per heavy atom. The molecule has 49 heavy (non-hydrogen) atoms. The minimum Gasteiger partial charge on any atom is -0.497 e. The average Bonchev–Trinajstić information content (AvgIpc) is 3.49. The molecule has 10 nitrogen and oxygen atoms in total. The van der Waals surface area contributed by atoms with E-state index in [2.05, 4.69) is 56.1 Å². The van der Waals surface area contributed by atoms with Gasteiger partial charge < -0.3 is 23.5 Å². The van der Waals surface area contributed by atoms with Crippen molar-refractivity contribution in [3.63, 3.8) is 0 Å². The van der Waals surface area contributed by atoms with Crippen molar-refractivity contribution in [3.05, 3.63) is 128 Å². The zero-order valence-electron chi connectivity index (χ0n) is 29.6. The molecule has 1 saturated heterocycles. The van der Waals surface area contributed by atoms with E-state index in [1.54, 1.807) is 27.3 Å². The summed E-state index contributed by atoms with van der Waals surface area (Å²) in [5.74, 6) is 1.46. The van der Waals surface area contributed by atoms with E-state index in [9.17, 15) is 9.59 Å². The smallest absolute Gasteiger partial charge is 0.330 e. The van der Waals surface area contributed by atoms with Crippen molar-refractivity contribution >= 4 is 8.30 Å². The molecule has 0 aliphatic carbocycles. The van der Waals surface area contributed by atoms with Gasteiger partial charge >= 0.3 is 5.69 Å². The minimum atomic E-state index is -1.06. The van der Waals surface area contributed by atoms with E-state index >= 15 is 0 Å². The summed E-state index contributed by atoms with van der Waals surface area (Å²) in [7, 11) is 2.26. The van der Waals surface area contributed by atoms with Gasteiger partial charge in [-0.2, -0.15) is 0 Å². The summed E-state index contributed by atoms with van der Waals surface area (Å²) in [5, 5.41) is 0. The van der Waals surface area contributed by atoms with Crippen LogP contribution in [0.15, 0.2) is 94.6 Å². The minimum absolute atomic E-state index is 0.137. The van der Waals surface area contributed by atoms with Crippen molar-refractivity contribution in [2.24, 2.45) is 0 Å². The number of H-pyrrole nitrogens is 1. The summed E-state index contributed by atoms with van der Waals surface area (Å²) in [4.78, 5) is 27.6. The maximum absolute atomic E-state index is 13.0. The van der Waals surface area contributed by atoms with Gasteiger partial charge in [0.2, 0.25) is 0 Å². The Bertz CT molecular complexity index is 1720. The van der Waals surface area contributed by atoms with Crippen LogP contribution in [0.5, 0.6) is 11.5 Å². The van der Waals surface area contributed by atoms with E-state index < -0.39 is 43.6 Å². The zero-order chi connectivity index (χ0) is 35.3. The summed E-state index contributed by atoms with van der Waals surface area (Å²) >= 11 is 0. The second-order valence-corrected chi connectivity index (χ2v) is 14.4. The van der Waals surface area contributed by atoms with Crippen LogP contribution in [0.1, 0.15) is 62.6 Å². The van der Waals surface area contributed by atoms with Gasteiger partial charge in [0.25, 0.3) is 5.56 Å². The predicted molar refractivity (Wildman–Crippen MR) is 193 cm³/mol. The first-order valence-electron chi connectivity index (χ1n) is 16.6. The monoisotopic (exact) mass is 689 g/mol. The molecule has 0 amide bonds. The number of aryl methyl sites for hydroxylation is 1. The van der Waals surface area contributed by atoms with Crippen LogP contribution in [0.2, 0.25) is 0 Å². The topological polar surface area (TPSA) is 104 Å². The van der Waals surface area contributed by atoms with Gasteiger partial charge in [0, 0.05) is 30.3 Å². The number of hydrogen-bond donors (Lipinski definition) is 1. The first kappa shape index (κ1) is 36.5. The lowest BCUT2D eigenvalue weighted by Crippen LogP contribution is -2.39. The fourth-order valence-electron chi connectivity index (χ4n) is 6.71. The Kier molecular flexibility index (Phi) is 11.8. The van der Waals surface area contributed by atoms with Gasteiger partial charge in [0.15, 0.2) is 0 Å². The molecule has 1 aliphatic rings. The first-order valence-corrected chi connectivity index (χ1v) is 18.3. The van der Waals surface area contributed by atoms with E-state index in [0.717, 1.165) is 28.2 Å². The van der Waals surface area contributed by atoms with Crippen molar-refractivity contribution < 1.29 is 23.5 Å². The van der Waals surface area contributed by atoms with Crippen LogP contribution in [0.4, 0.5) is 0 Å². The van der Waals surface area contributed by atoms with Gasteiger partial charge in [-0.05, 0) is 82.2 Å². The van der Waals surface area contributed by atoms with Gasteiger partial charge in [-0.15, -0.1) is 0 Å². The fraction of sp³-hybridized carbons (Fsp3) is 0.421. The molecule has 1 N–H and O–H groups in total. The van der Waals surface area contributed by atoms with E-state index in [1.807, 2.05) is 66.7 Å². The second kappa shape index (κ2) is 15.8. The van der Waals surface area contributed by atoms with Crippen LogP contribution < -0.4 is 20.7 Å². The molecule has 0 spiro atoms. The van der Waals surface area contributed by atoms with Crippen molar-refractivity contribution in [1.29, 1.82) is 0 Å². The Morgan fingerprint density at radius 1 is 0.878 bits per heavy atom. The number of benzene rings is 3. The second-order valence-electron chi connectivity index (χ2n) is 12.8. The normalized spacial score (nSPS) is 18.7. The van der Waals surface area contributed by atoms with Crippen LogP contribution in [-0.4, -0.2) is 66.0 Å². The standard InChI is InChI=1S/C38H48N3O7P/c1-25(2)41(26(3)4)49(8)48-33-22-35(40-23-27(5)36(42)39-37(40)43)47-34(33)24-46-38(28-12-10-9-11-13-28,29-14-18-31(44-6)19-15-29)30-16-20-32(45-7)21-17-30/h9-21,23,25-26,33-35H,22,24H2,1-8H3,(H,39,42,43)/t33-,34+,35+,49?/m0/s1. The number of nitrogens with one attached hydrogen (secondary N) is 1. The molecule has 4 aromatic rings. The molecule has 3 aromatic carbocycles. The van der Waals surface area contributed by atoms with Crippen LogP contribution in [0, 0.1) is 6.92 Å². The number of hydrogen-bond acceptors (Lipinski definition) is 8. The van der Waals surface area contributed by atoms with E-state index in [1.165, 1.54) is 4.57 Å². The van der Waals surface area contributed by atoms with Crippen molar-refractivity contribution in [1.82, 2.24) is 14.2 Å². The number of ether oxygens (including phenoxy) is 4. The van der Waals surface area contributed by atoms with Crippen LogP contribution in [0.3, 0.4) is 0 Å². The third-order valence-electron chi connectivity index (χ3n) is 8.95. The summed E-state index contributed by atoms with van der Waals surface area (Å²) in [6.07, 6.45) is 0.345. The lowest BCUT2D eigenvalue weighted by molar-refractivity contribution is -0.0914. The Balaban J connectivity index is 1.58. The molecule has 1 aromatic heterocycles. The molecule has 11 heteroatoms. The molecule has 0 radical (unpaired) electrons. The molecule has 0 bridgehead atoms. The van der Waals surface area contributed by atoms with E-state index in [-0.39, 0.29) is 18.7 Å². The molecule has 0 saturated carbocycles. The zero-order valence-corrected chi connectivity index (χ0v) is 30.5. The van der Waals surface area contributed by atoms with Gasteiger partial charge in [-0.25, -0.2) is 4.79 Å². The highest BCUT2D eigenvalue weighted by Gasteiger charge is 2.44. The van der Waals surface area contributed by atoms with Crippen LogP contribution in [0.25, 0.3) is 0 Å². The Hall–Kier alpha value is -3.79. The molecule has 5 rings (SSSR count). The molecular weight excluding hydrogens is 641 g/mol. The quantitative estimate of drug-likeness (QED) is 0.117. The average molecular weight is 690 g/mol. The van der Waals surface area contributed by atoms with Gasteiger partial charge in [-0.3, -0.25) is 19.0 Å². The van der Waals surface area contributed by atoms with E-state index in [0.29, 0.717) is 12.0 Å². The highest BCUT2D eigenvalue weighted by molar-refractivity contribution is 7.49. The summed E-state index contributed by atoms with van der Waals surface area (Å²) in [5.41, 5.74) is 1.14. The highest BCUT2D eigenvalue weighted by atomic mass is 31.2. The number of methoxy groups -OCH3 is 2. The van der Waals surface area contributed by atoms with Gasteiger partial charge in [-0.1, -0.05) is 54.6 Å². The third-order valence-corrected chi connectivity index (χ3v) is 11.1. The number of nitrogens with zero attached hydrogens (tertiary/aromatic N) is 2. The largest absolute Gasteiger partial charge is 0.497 e. The van der Waals surface area contributed by atoms with Crippen molar-refractivity contribution in [3.8, 4) is 11.5 Å². The Labute approximate surface area is 289 Å². The summed E-state index contributed by atoms with van der Waals surface area (Å²) < 4.78 is 35.5. The Morgan fingerprint density at radius 2 is 1.41 bits per heavy atom. The number of aromatic amines is 1. The third kappa shape index (κ3) is 7.84. The van der Waals surface area contributed by atoms with Gasteiger partial charge in [0.1, 0.15) is 37.7 Å². The summed E-state index contributed by atoms with van der Waals surface area (Å²) in [6, 6.07) is 26.4. The summed E-state index contributed by atoms with van der Waals surface area (Å²) in [6.45, 7) is 12.6. The van der Waals surface area contributed by atoms with Crippen molar-refractivity contribution in [2.75, 3.05) is 27.5 Å². The van der Waals surface area contributed by atoms with Crippen LogP contribution >= 0.6 is 8.30 Å². The SMILES string of the molecule is COc1ccc(C(OC[C@H]2O[C@@H](n3cc(C)c(=O)[nH]c3=O)C[C@@H]2OP(C)N(C(C)C)C(C)C)(c2ccccc2)c2ccc(OC)cc2)cc1.